The molecule has 0 amide bonds. The van der Waals surface area contributed by atoms with Crippen LogP contribution in [-0.4, -0.2) is 13.3 Å². The summed E-state index contributed by atoms with van der Waals surface area (Å²) < 4.78 is 42.7. The molecule has 0 atom stereocenters. The first-order chi connectivity index (χ1) is 10.2. The predicted octanol–water partition coefficient (Wildman–Crippen LogP) is 3.12. The standard InChI is InChI=1S/C14H12FNO5S/c1-9-4-6-14(11(15)7-9)22(19,20)21-13-5-3-10(2)8-12(13)16(17)18/h3-8H,1-2H3. The van der Waals surface area contributed by atoms with Crippen molar-refractivity contribution in [2.45, 2.75) is 18.7 Å². The third-order valence-electron chi connectivity index (χ3n) is 2.87. The Kier molecular flexibility index (Phi) is 4.14. The normalized spacial score (nSPS) is 11.2. The highest BCUT2D eigenvalue weighted by molar-refractivity contribution is 7.87. The molecule has 0 fully saturated rings. The molecule has 22 heavy (non-hydrogen) atoms. The first-order valence-electron chi connectivity index (χ1n) is 6.16. The number of hydrogen-bond acceptors (Lipinski definition) is 5. The van der Waals surface area contributed by atoms with Crippen LogP contribution in [-0.2, 0) is 10.1 Å². The maximum atomic E-state index is 13.8. The van der Waals surface area contributed by atoms with Crippen molar-refractivity contribution < 1.29 is 21.9 Å². The SMILES string of the molecule is Cc1ccc(S(=O)(=O)Oc2ccc(C)cc2[N+](=O)[O-])c(F)c1. The number of nitrogens with zero attached hydrogens (tertiary/aromatic N) is 1. The Hall–Kier alpha value is -2.48. The minimum Gasteiger partial charge on any atom is -0.371 e. The number of nitro groups is 1. The number of hydrogen-bond donors (Lipinski definition) is 0. The molecule has 0 aliphatic carbocycles. The Bertz CT molecular complexity index is 848. The highest BCUT2D eigenvalue weighted by atomic mass is 32.2. The van der Waals surface area contributed by atoms with Crippen LogP contribution in [0.25, 0.3) is 0 Å². The van der Waals surface area contributed by atoms with Gasteiger partial charge in [-0.3, -0.25) is 10.1 Å². The van der Waals surface area contributed by atoms with E-state index in [0.29, 0.717) is 11.1 Å². The van der Waals surface area contributed by atoms with Crippen molar-refractivity contribution in [2.75, 3.05) is 0 Å². The predicted molar refractivity (Wildman–Crippen MR) is 76.8 cm³/mol. The molecule has 0 spiro atoms. The van der Waals surface area contributed by atoms with E-state index in [-0.39, 0.29) is 0 Å². The molecule has 0 aliphatic heterocycles. The first kappa shape index (κ1) is 15.9. The van der Waals surface area contributed by atoms with Gasteiger partial charge in [-0.15, -0.1) is 0 Å². The van der Waals surface area contributed by atoms with Gasteiger partial charge < -0.3 is 4.18 Å². The van der Waals surface area contributed by atoms with Gasteiger partial charge in [-0.2, -0.15) is 8.42 Å². The lowest BCUT2D eigenvalue weighted by molar-refractivity contribution is -0.385. The summed E-state index contributed by atoms with van der Waals surface area (Å²) in [5.41, 5.74) is 0.604. The second kappa shape index (κ2) is 5.72. The van der Waals surface area contributed by atoms with Crippen LogP contribution >= 0.6 is 0 Å². The first-order valence-corrected chi connectivity index (χ1v) is 7.57. The van der Waals surface area contributed by atoms with Gasteiger partial charge >= 0.3 is 15.8 Å². The number of benzene rings is 2. The quantitative estimate of drug-likeness (QED) is 0.490. The zero-order valence-electron chi connectivity index (χ0n) is 11.7. The van der Waals surface area contributed by atoms with E-state index in [1.807, 2.05) is 0 Å². The van der Waals surface area contributed by atoms with Crippen molar-refractivity contribution in [3.8, 4) is 5.75 Å². The number of halogens is 1. The molecule has 0 radical (unpaired) electrons. The lowest BCUT2D eigenvalue weighted by Gasteiger charge is -2.09. The molecule has 0 saturated heterocycles. The molecule has 0 bridgehead atoms. The molecule has 2 aromatic carbocycles. The highest BCUT2D eigenvalue weighted by Gasteiger charge is 2.26. The van der Waals surface area contributed by atoms with Gasteiger partial charge in [-0.05, 0) is 43.2 Å². The van der Waals surface area contributed by atoms with E-state index in [9.17, 15) is 22.9 Å². The highest BCUT2D eigenvalue weighted by Crippen LogP contribution is 2.31. The number of rotatable bonds is 4. The molecule has 0 unspecified atom stereocenters. The lowest BCUT2D eigenvalue weighted by atomic mass is 10.2. The van der Waals surface area contributed by atoms with Crippen LogP contribution in [0.2, 0.25) is 0 Å². The van der Waals surface area contributed by atoms with Gasteiger partial charge in [0, 0.05) is 6.07 Å². The lowest BCUT2D eigenvalue weighted by Crippen LogP contribution is -2.12. The summed E-state index contributed by atoms with van der Waals surface area (Å²) in [6.45, 7) is 3.22. The third kappa shape index (κ3) is 3.22. The Morgan fingerprint density at radius 2 is 1.68 bits per heavy atom. The van der Waals surface area contributed by atoms with Crippen molar-refractivity contribution in [1.82, 2.24) is 0 Å². The second-order valence-corrected chi connectivity index (χ2v) is 6.21. The average Bonchev–Trinajstić information content (AvgIpc) is 2.39. The van der Waals surface area contributed by atoms with E-state index < -0.39 is 37.2 Å². The van der Waals surface area contributed by atoms with Gasteiger partial charge in [-0.1, -0.05) is 12.1 Å². The molecule has 0 saturated carbocycles. The number of nitro benzene ring substituents is 1. The van der Waals surface area contributed by atoms with Gasteiger partial charge in [0.25, 0.3) is 0 Å². The summed E-state index contributed by atoms with van der Waals surface area (Å²) in [7, 11) is -4.51. The zero-order chi connectivity index (χ0) is 16.5. The Balaban J connectivity index is 2.47. The summed E-state index contributed by atoms with van der Waals surface area (Å²) >= 11 is 0. The summed E-state index contributed by atoms with van der Waals surface area (Å²) in [4.78, 5) is 9.53. The Morgan fingerprint density at radius 3 is 2.27 bits per heavy atom. The van der Waals surface area contributed by atoms with E-state index in [4.69, 9.17) is 4.18 Å². The monoisotopic (exact) mass is 325 g/mol. The fourth-order valence-corrected chi connectivity index (χ4v) is 2.81. The van der Waals surface area contributed by atoms with Crippen LogP contribution in [0, 0.1) is 29.8 Å². The molecule has 6 nitrogen and oxygen atoms in total. The van der Waals surface area contributed by atoms with Crippen LogP contribution < -0.4 is 4.18 Å². The second-order valence-electron chi connectivity index (χ2n) is 4.70. The minimum absolute atomic E-state index is 0.462. The smallest absolute Gasteiger partial charge is 0.342 e. The third-order valence-corrected chi connectivity index (χ3v) is 4.14. The fourth-order valence-electron chi connectivity index (χ4n) is 1.81. The van der Waals surface area contributed by atoms with Crippen molar-refractivity contribution in [1.29, 1.82) is 0 Å². The zero-order valence-corrected chi connectivity index (χ0v) is 12.6. The van der Waals surface area contributed by atoms with Gasteiger partial charge in [0.2, 0.25) is 5.75 Å². The Morgan fingerprint density at radius 1 is 1.09 bits per heavy atom. The van der Waals surface area contributed by atoms with E-state index in [0.717, 1.165) is 18.2 Å². The molecule has 2 aromatic rings. The van der Waals surface area contributed by atoms with Crippen LogP contribution in [0.15, 0.2) is 41.3 Å². The van der Waals surface area contributed by atoms with Gasteiger partial charge in [-0.25, -0.2) is 4.39 Å². The molecule has 0 heterocycles. The minimum atomic E-state index is -4.51. The van der Waals surface area contributed by atoms with Crippen LogP contribution in [0.5, 0.6) is 5.75 Å². The molecule has 0 aliphatic rings. The molecular formula is C14H12FNO5S. The largest absolute Gasteiger partial charge is 0.371 e. The van der Waals surface area contributed by atoms with Gasteiger partial charge in [0.1, 0.15) is 10.7 Å². The van der Waals surface area contributed by atoms with Crippen LogP contribution in [0.4, 0.5) is 10.1 Å². The Labute approximate surface area is 126 Å². The fraction of sp³-hybridized carbons (Fsp3) is 0.143. The molecule has 116 valence electrons. The van der Waals surface area contributed by atoms with Crippen molar-refractivity contribution in [3.05, 3.63) is 63.5 Å². The maximum Gasteiger partial charge on any atom is 0.342 e. The average molecular weight is 325 g/mol. The van der Waals surface area contributed by atoms with Crippen LogP contribution in [0.1, 0.15) is 11.1 Å². The number of aryl methyl sites for hydroxylation is 2. The summed E-state index contributed by atoms with van der Waals surface area (Å²) in [5.74, 6) is -1.44. The van der Waals surface area contributed by atoms with E-state index in [1.54, 1.807) is 13.8 Å². The summed E-state index contributed by atoms with van der Waals surface area (Å²) in [5, 5.41) is 11.0. The van der Waals surface area contributed by atoms with E-state index in [2.05, 4.69) is 0 Å². The van der Waals surface area contributed by atoms with Crippen LogP contribution in [0.3, 0.4) is 0 Å². The van der Waals surface area contributed by atoms with Crippen molar-refractivity contribution in [2.24, 2.45) is 0 Å². The van der Waals surface area contributed by atoms with Gasteiger partial charge in [0.05, 0.1) is 4.92 Å². The maximum absolute atomic E-state index is 13.8. The topological polar surface area (TPSA) is 86.5 Å². The van der Waals surface area contributed by atoms with Crippen molar-refractivity contribution >= 4 is 15.8 Å². The molecular weight excluding hydrogens is 313 g/mol. The van der Waals surface area contributed by atoms with E-state index >= 15 is 0 Å². The molecule has 2 rings (SSSR count). The summed E-state index contributed by atoms with van der Waals surface area (Å²) in [6, 6.07) is 7.31. The van der Waals surface area contributed by atoms with E-state index in [1.165, 1.54) is 18.2 Å². The van der Waals surface area contributed by atoms with Gasteiger partial charge in [0.15, 0.2) is 0 Å². The summed E-state index contributed by atoms with van der Waals surface area (Å²) in [6.07, 6.45) is 0. The van der Waals surface area contributed by atoms with Crippen molar-refractivity contribution in [3.63, 3.8) is 0 Å². The molecule has 0 aromatic heterocycles. The molecule has 8 heteroatoms. The molecule has 0 N–H and O–H groups in total.